The third-order valence-electron chi connectivity index (χ3n) is 1.80. The topological polar surface area (TPSA) is 72.3 Å². The van der Waals surface area contributed by atoms with Gasteiger partial charge in [-0.3, -0.25) is 0 Å². The van der Waals surface area contributed by atoms with Crippen molar-refractivity contribution in [3.05, 3.63) is 24.3 Å². The molecule has 0 N–H and O–H groups in total. The first-order valence-electron chi connectivity index (χ1n) is 4.50. The molecular weight excluding hydrogens is 291 g/mol. The van der Waals surface area contributed by atoms with Crippen molar-refractivity contribution in [2.75, 3.05) is 0 Å². The lowest BCUT2D eigenvalue weighted by molar-refractivity contribution is 0.364. The van der Waals surface area contributed by atoms with E-state index in [-0.39, 0.29) is 12.1 Å². The maximum absolute atomic E-state index is 12.5. The van der Waals surface area contributed by atoms with Gasteiger partial charge in [-0.05, 0) is 18.2 Å². The Morgan fingerprint density at radius 2 is 1.63 bits per heavy atom. The minimum atomic E-state index is -9.77. The van der Waals surface area contributed by atoms with E-state index in [1.807, 2.05) is 0 Å². The molecule has 102 valence electrons. The summed E-state index contributed by atoms with van der Waals surface area (Å²) in [5.74, 6) is 0. The van der Waals surface area contributed by atoms with Gasteiger partial charge in [-0.2, -0.15) is 20.8 Å². The second kappa shape index (κ2) is 3.90. The van der Waals surface area contributed by atoms with Gasteiger partial charge >= 0.3 is 10.2 Å². The fourth-order valence-electron chi connectivity index (χ4n) is 0.991. The van der Waals surface area contributed by atoms with Crippen molar-refractivity contribution in [2.45, 2.75) is 10.9 Å². The monoisotopic (exact) mass is 296 g/mol. The lowest BCUT2D eigenvalue weighted by Crippen LogP contribution is -2.05. The average molecular weight is 296 g/mol. The second-order valence-electron chi connectivity index (χ2n) is 3.34. The van der Waals surface area contributed by atoms with E-state index in [4.69, 9.17) is 10.5 Å². The van der Waals surface area contributed by atoms with Crippen LogP contribution in [0.4, 0.5) is 25.1 Å². The Balaban J connectivity index is 3.19. The highest BCUT2D eigenvalue weighted by atomic mass is 32.5. The van der Waals surface area contributed by atoms with Crippen LogP contribution in [0.15, 0.2) is 39.4 Å². The van der Waals surface area contributed by atoms with Crippen LogP contribution in [-0.2, 0) is 0 Å². The third kappa shape index (κ3) is 4.19. The summed E-state index contributed by atoms with van der Waals surface area (Å²) in [5, 5.41) is 23.0. The Labute approximate surface area is 104 Å². The smallest absolute Gasteiger partial charge is 0.195 e. The highest BCUT2D eigenvalue weighted by molar-refractivity contribution is 8.45. The van der Waals surface area contributed by atoms with Crippen molar-refractivity contribution < 1.29 is 19.4 Å². The van der Waals surface area contributed by atoms with Crippen LogP contribution in [-0.4, -0.2) is 6.04 Å². The van der Waals surface area contributed by atoms with Gasteiger partial charge in [0.1, 0.15) is 17.0 Å². The number of nitrogens with zero attached hydrogens (tertiary/aromatic N) is 4. The molecule has 4 nitrogen and oxygen atoms in total. The zero-order chi connectivity index (χ0) is 14.8. The molecule has 0 bridgehead atoms. The first-order chi connectivity index (χ1) is 8.46. The SMILES string of the molecule is N#CC(C#N)N=Nc1cccc(S(F)(F)(F)(F)F)c1. The van der Waals surface area contributed by atoms with Gasteiger partial charge in [0, 0.05) is 0 Å². The fourth-order valence-corrected chi connectivity index (χ4v) is 1.67. The number of benzene rings is 1. The minimum absolute atomic E-state index is 0.108. The van der Waals surface area contributed by atoms with Crippen LogP contribution in [0.5, 0.6) is 0 Å². The van der Waals surface area contributed by atoms with Crippen LogP contribution in [0.25, 0.3) is 0 Å². The molecule has 0 fully saturated rings. The van der Waals surface area contributed by atoms with Crippen molar-refractivity contribution >= 4 is 15.9 Å². The Hall–Kier alpha value is -2.20. The first kappa shape index (κ1) is 14.9. The second-order valence-corrected chi connectivity index (χ2v) is 5.75. The molecule has 0 saturated carbocycles. The van der Waals surface area contributed by atoms with Crippen LogP contribution in [0.1, 0.15) is 0 Å². The summed E-state index contributed by atoms with van der Waals surface area (Å²) in [4.78, 5) is -2.11. The van der Waals surface area contributed by atoms with E-state index in [2.05, 4.69) is 10.2 Å². The summed E-state index contributed by atoms with van der Waals surface area (Å²) < 4.78 is 62.4. The molecule has 0 amide bonds. The number of azo groups is 1. The first-order valence-corrected chi connectivity index (χ1v) is 6.45. The van der Waals surface area contributed by atoms with Crippen molar-refractivity contribution in [1.82, 2.24) is 0 Å². The molecule has 19 heavy (non-hydrogen) atoms. The van der Waals surface area contributed by atoms with Crippen molar-refractivity contribution in [2.24, 2.45) is 10.2 Å². The van der Waals surface area contributed by atoms with E-state index in [0.717, 1.165) is 12.1 Å². The van der Waals surface area contributed by atoms with E-state index in [1.54, 1.807) is 0 Å². The molecule has 0 aliphatic heterocycles. The highest BCUT2D eigenvalue weighted by Crippen LogP contribution is 3.02. The van der Waals surface area contributed by atoms with Gasteiger partial charge < -0.3 is 0 Å². The van der Waals surface area contributed by atoms with E-state index in [9.17, 15) is 19.4 Å². The molecule has 0 aliphatic carbocycles. The Kier molecular flexibility index (Phi) is 3.05. The van der Waals surface area contributed by atoms with Crippen LogP contribution < -0.4 is 0 Å². The van der Waals surface area contributed by atoms with Crippen LogP contribution in [0, 0.1) is 22.7 Å². The molecule has 0 spiro atoms. The molecular formula is C9H5F5N4S. The Morgan fingerprint density at radius 1 is 1.05 bits per heavy atom. The molecule has 0 aromatic heterocycles. The zero-order valence-corrected chi connectivity index (χ0v) is 9.79. The van der Waals surface area contributed by atoms with E-state index < -0.39 is 26.8 Å². The largest absolute Gasteiger partial charge is 0.310 e. The van der Waals surface area contributed by atoms with Gasteiger partial charge in [-0.1, -0.05) is 25.5 Å². The summed E-state index contributed by atoms with van der Waals surface area (Å²) in [6.07, 6.45) is 0. The third-order valence-corrected chi connectivity index (χ3v) is 2.94. The number of nitriles is 2. The Bertz CT molecular complexity index is 596. The van der Waals surface area contributed by atoms with Crippen LogP contribution in [0.3, 0.4) is 0 Å². The molecule has 0 aliphatic rings. The summed E-state index contributed by atoms with van der Waals surface area (Å²) in [7, 11) is -9.77. The van der Waals surface area contributed by atoms with Crippen molar-refractivity contribution in [3.63, 3.8) is 0 Å². The molecule has 0 radical (unpaired) electrons. The average Bonchev–Trinajstić information content (AvgIpc) is 2.28. The highest BCUT2D eigenvalue weighted by Gasteiger charge is 2.65. The standard InChI is InChI=1S/C9H5F5N4S/c10-19(11,12,13,14)9-3-1-2-7(4-9)17-18-8(5-15)6-16/h1-4,8H. The summed E-state index contributed by atoms with van der Waals surface area (Å²) >= 11 is 0. The van der Waals surface area contributed by atoms with Crippen molar-refractivity contribution in [3.8, 4) is 12.1 Å². The fraction of sp³-hybridized carbons (Fsp3) is 0.111. The predicted molar refractivity (Wildman–Crippen MR) is 57.4 cm³/mol. The molecule has 0 saturated heterocycles. The molecule has 1 rings (SSSR count). The number of rotatable bonds is 3. The molecule has 0 unspecified atom stereocenters. The summed E-state index contributed by atoms with van der Waals surface area (Å²) in [6, 6.07) is 3.33. The van der Waals surface area contributed by atoms with Crippen LogP contribution >= 0.6 is 10.2 Å². The minimum Gasteiger partial charge on any atom is -0.195 e. The molecule has 1 aromatic rings. The lowest BCUT2D eigenvalue weighted by Gasteiger charge is -2.40. The van der Waals surface area contributed by atoms with E-state index >= 15 is 0 Å². The Morgan fingerprint density at radius 3 is 2.11 bits per heavy atom. The van der Waals surface area contributed by atoms with Gasteiger partial charge in [0.25, 0.3) is 0 Å². The van der Waals surface area contributed by atoms with Gasteiger partial charge in [-0.15, -0.1) is 0 Å². The predicted octanol–water partition coefficient (Wildman–Crippen LogP) is 4.84. The van der Waals surface area contributed by atoms with Gasteiger partial charge in [-0.25, -0.2) is 0 Å². The molecule has 0 atom stereocenters. The normalized spacial score (nSPS) is 15.6. The summed E-state index contributed by atoms with van der Waals surface area (Å²) in [5.41, 5.74) is -0.527. The molecule has 1 aromatic carbocycles. The number of hydrogen-bond donors (Lipinski definition) is 0. The maximum Gasteiger partial charge on any atom is 0.310 e. The quantitative estimate of drug-likeness (QED) is 0.591. The number of hydrogen-bond acceptors (Lipinski definition) is 4. The summed E-state index contributed by atoms with van der Waals surface area (Å²) in [6.45, 7) is 0. The van der Waals surface area contributed by atoms with Crippen LogP contribution in [0.2, 0.25) is 0 Å². The van der Waals surface area contributed by atoms with Gasteiger partial charge in [0.15, 0.2) is 0 Å². The van der Waals surface area contributed by atoms with Gasteiger partial charge in [0.2, 0.25) is 6.04 Å². The molecule has 10 heteroatoms. The van der Waals surface area contributed by atoms with Gasteiger partial charge in [0.05, 0.1) is 5.69 Å². The number of halogens is 5. The maximum atomic E-state index is 12.5. The van der Waals surface area contributed by atoms with E-state index in [1.165, 1.54) is 12.1 Å². The molecule has 0 heterocycles. The van der Waals surface area contributed by atoms with E-state index in [0.29, 0.717) is 0 Å². The zero-order valence-electron chi connectivity index (χ0n) is 8.97. The van der Waals surface area contributed by atoms with Crippen molar-refractivity contribution in [1.29, 1.82) is 10.5 Å². The lowest BCUT2D eigenvalue weighted by atomic mass is 10.3.